The van der Waals surface area contributed by atoms with Crippen molar-refractivity contribution in [3.8, 4) is 0 Å². The third-order valence-corrected chi connectivity index (χ3v) is 3.08. The van der Waals surface area contributed by atoms with Crippen LogP contribution < -0.4 is 5.32 Å². The molecule has 104 valence electrons. The normalized spacial score (nSPS) is 10.5. The monoisotopic (exact) mass is 279 g/mol. The van der Waals surface area contributed by atoms with Gasteiger partial charge in [0.15, 0.2) is 0 Å². The van der Waals surface area contributed by atoms with E-state index in [0.29, 0.717) is 11.2 Å². The van der Waals surface area contributed by atoms with Gasteiger partial charge in [-0.1, -0.05) is 24.3 Å². The minimum Gasteiger partial charge on any atom is -0.392 e. The molecule has 3 rings (SSSR count). The van der Waals surface area contributed by atoms with E-state index in [1.165, 1.54) is 6.20 Å². The largest absolute Gasteiger partial charge is 0.392 e. The first-order valence-electron chi connectivity index (χ1n) is 6.49. The number of anilines is 1. The number of hydrogen-bond acceptors (Lipinski definition) is 4. The highest BCUT2D eigenvalue weighted by molar-refractivity contribution is 6.03. The predicted molar refractivity (Wildman–Crippen MR) is 79.9 cm³/mol. The molecule has 2 aromatic carbocycles. The van der Waals surface area contributed by atoms with Crippen LogP contribution >= 0.6 is 0 Å². The molecule has 1 aromatic heterocycles. The summed E-state index contributed by atoms with van der Waals surface area (Å²) in [6, 6.07) is 14.4. The Labute approximate surface area is 121 Å². The first kappa shape index (κ1) is 13.2. The lowest BCUT2D eigenvalue weighted by molar-refractivity contribution is 0.102. The Balaban J connectivity index is 1.82. The number of aliphatic hydroxyl groups is 1. The number of carbonyl (C=O) groups is 1. The van der Waals surface area contributed by atoms with Crippen LogP contribution in [0.4, 0.5) is 5.69 Å². The van der Waals surface area contributed by atoms with E-state index in [-0.39, 0.29) is 18.2 Å². The highest BCUT2D eigenvalue weighted by atomic mass is 16.3. The number of aliphatic hydroxyl groups excluding tert-OH is 1. The fourth-order valence-corrected chi connectivity index (χ4v) is 1.96. The van der Waals surface area contributed by atoms with Crippen LogP contribution in [0.5, 0.6) is 0 Å². The first-order chi connectivity index (χ1) is 10.3. The van der Waals surface area contributed by atoms with Gasteiger partial charge in [0, 0.05) is 5.69 Å². The maximum absolute atomic E-state index is 12.1. The van der Waals surface area contributed by atoms with E-state index >= 15 is 0 Å². The molecule has 0 saturated heterocycles. The van der Waals surface area contributed by atoms with Gasteiger partial charge < -0.3 is 10.4 Å². The van der Waals surface area contributed by atoms with Crippen LogP contribution in [-0.4, -0.2) is 21.0 Å². The number of aromatic nitrogens is 2. The fourth-order valence-electron chi connectivity index (χ4n) is 1.96. The Bertz CT molecular complexity index is 785. The molecule has 3 aromatic rings. The van der Waals surface area contributed by atoms with Crippen molar-refractivity contribution in [2.45, 2.75) is 6.61 Å². The topological polar surface area (TPSA) is 75.1 Å². The third-order valence-electron chi connectivity index (χ3n) is 3.08. The summed E-state index contributed by atoms with van der Waals surface area (Å²) in [7, 11) is 0. The maximum atomic E-state index is 12.1. The Morgan fingerprint density at radius 2 is 1.76 bits per heavy atom. The molecule has 5 nitrogen and oxygen atoms in total. The zero-order chi connectivity index (χ0) is 14.7. The molecule has 0 spiro atoms. The minimum atomic E-state index is -0.315. The van der Waals surface area contributed by atoms with E-state index in [0.717, 1.165) is 11.1 Å². The first-order valence-corrected chi connectivity index (χ1v) is 6.49. The van der Waals surface area contributed by atoms with Crippen molar-refractivity contribution < 1.29 is 9.90 Å². The number of rotatable bonds is 3. The summed E-state index contributed by atoms with van der Waals surface area (Å²) in [5.74, 6) is -0.315. The number of para-hydroxylation sites is 2. The van der Waals surface area contributed by atoms with Gasteiger partial charge in [-0.3, -0.25) is 9.78 Å². The van der Waals surface area contributed by atoms with Gasteiger partial charge in [-0.05, 0) is 29.8 Å². The predicted octanol–water partition coefficient (Wildman–Crippen LogP) is 2.37. The second-order valence-corrected chi connectivity index (χ2v) is 4.55. The van der Waals surface area contributed by atoms with E-state index < -0.39 is 0 Å². The standard InChI is InChI=1S/C16H13N3O2/c20-10-11-5-7-12(8-6-11)18-16(21)15-9-17-13-3-1-2-4-14(13)19-15/h1-9,20H,10H2,(H,18,21). The molecule has 0 bridgehead atoms. The van der Waals surface area contributed by atoms with E-state index in [2.05, 4.69) is 15.3 Å². The quantitative estimate of drug-likeness (QED) is 0.772. The van der Waals surface area contributed by atoms with Gasteiger partial charge in [0.1, 0.15) is 5.69 Å². The molecular weight excluding hydrogens is 266 g/mol. The zero-order valence-electron chi connectivity index (χ0n) is 11.2. The summed E-state index contributed by atoms with van der Waals surface area (Å²) in [6.45, 7) is -0.0234. The van der Waals surface area contributed by atoms with Crippen molar-refractivity contribution in [1.82, 2.24) is 9.97 Å². The number of fused-ring (bicyclic) bond motifs is 1. The molecule has 1 heterocycles. The van der Waals surface area contributed by atoms with Crippen molar-refractivity contribution in [3.05, 3.63) is 66.0 Å². The SMILES string of the molecule is O=C(Nc1ccc(CO)cc1)c1cnc2ccccc2n1. The van der Waals surface area contributed by atoms with E-state index in [9.17, 15) is 4.79 Å². The van der Waals surface area contributed by atoms with Crippen molar-refractivity contribution in [1.29, 1.82) is 0 Å². The van der Waals surface area contributed by atoms with Crippen molar-refractivity contribution in [2.24, 2.45) is 0 Å². The van der Waals surface area contributed by atoms with Gasteiger partial charge in [-0.2, -0.15) is 0 Å². The average molecular weight is 279 g/mol. The molecule has 0 radical (unpaired) electrons. The molecular formula is C16H13N3O2. The highest BCUT2D eigenvalue weighted by Gasteiger charge is 2.09. The second-order valence-electron chi connectivity index (χ2n) is 4.55. The number of nitrogens with zero attached hydrogens (tertiary/aromatic N) is 2. The molecule has 0 saturated carbocycles. The van der Waals surface area contributed by atoms with Gasteiger partial charge in [0.2, 0.25) is 0 Å². The smallest absolute Gasteiger partial charge is 0.275 e. The fraction of sp³-hybridized carbons (Fsp3) is 0.0625. The molecule has 2 N–H and O–H groups in total. The Kier molecular flexibility index (Phi) is 3.57. The Morgan fingerprint density at radius 3 is 2.48 bits per heavy atom. The maximum Gasteiger partial charge on any atom is 0.275 e. The van der Waals surface area contributed by atoms with Crippen molar-refractivity contribution in [3.63, 3.8) is 0 Å². The van der Waals surface area contributed by atoms with Gasteiger partial charge in [-0.25, -0.2) is 4.98 Å². The van der Waals surface area contributed by atoms with Crippen LogP contribution in [0, 0.1) is 0 Å². The Hall–Kier alpha value is -2.79. The molecule has 21 heavy (non-hydrogen) atoms. The van der Waals surface area contributed by atoms with Crippen molar-refractivity contribution >= 4 is 22.6 Å². The van der Waals surface area contributed by atoms with Crippen LogP contribution in [-0.2, 0) is 6.61 Å². The van der Waals surface area contributed by atoms with Crippen LogP contribution in [0.3, 0.4) is 0 Å². The molecule has 0 fully saturated rings. The van der Waals surface area contributed by atoms with Crippen LogP contribution in [0.2, 0.25) is 0 Å². The van der Waals surface area contributed by atoms with Crippen LogP contribution in [0.1, 0.15) is 16.1 Å². The average Bonchev–Trinajstić information content (AvgIpc) is 2.55. The lowest BCUT2D eigenvalue weighted by Gasteiger charge is -2.06. The Morgan fingerprint density at radius 1 is 1.05 bits per heavy atom. The number of hydrogen-bond donors (Lipinski definition) is 2. The van der Waals surface area contributed by atoms with Gasteiger partial charge in [0.05, 0.1) is 23.8 Å². The molecule has 0 atom stereocenters. The van der Waals surface area contributed by atoms with Crippen LogP contribution in [0.15, 0.2) is 54.7 Å². The molecule has 5 heteroatoms. The summed E-state index contributed by atoms with van der Waals surface area (Å²) < 4.78 is 0. The van der Waals surface area contributed by atoms with Gasteiger partial charge in [0.25, 0.3) is 5.91 Å². The number of carbonyl (C=O) groups excluding carboxylic acids is 1. The lowest BCUT2D eigenvalue weighted by Crippen LogP contribution is -2.14. The number of amides is 1. The third kappa shape index (κ3) is 2.88. The van der Waals surface area contributed by atoms with E-state index in [1.54, 1.807) is 24.3 Å². The lowest BCUT2D eigenvalue weighted by atomic mass is 10.2. The number of nitrogens with one attached hydrogen (secondary N) is 1. The second kappa shape index (κ2) is 5.68. The van der Waals surface area contributed by atoms with Gasteiger partial charge in [-0.15, -0.1) is 0 Å². The minimum absolute atomic E-state index is 0.0234. The number of benzene rings is 2. The summed E-state index contributed by atoms with van der Waals surface area (Å²) in [5, 5.41) is 11.7. The van der Waals surface area contributed by atoms with E-state index in [4.69, 9.17) is 5.11 Å². The highest BCUT2D eigenvalue weighted by Crippen LogP contribution is 2.12. The van der Waals surface area contributed by atoms with E-state index in [1.807, 2.05) is 24.3 Å². The van der Waals surface area contributed by atoms with Crippen molar-refractivity contribution in [2.75, 3.05) is 5.32 Å². The summed E-state index contributed by atoms with van der Waals surface area (Å²) in [4.78, 5) is 20.7. The summed E-state index contributed by atoms with van der Waals surface area (Å²) in [5.41, 5.74) is 3.13. The summed E-state index contributed by atoms with van der Waals surface area (Å²) >= 11 is 0. The van der Waals surface area contributed by atoms with Gasteiger partial charge >= 0.3 is 0 Å². The molecule has 0 aliphatic carbocycles. The van der Waals surface area contributed by atoms with Crippen LogP contribution in [0.25, 0.3) is 11.0 Å². The molecule has 0 unspecified atom stereocenters. The molecule has 0 aliphatic rings. The zero-order valence-corrected chi connectivity index (χ0v) is 11.2. The molecule has 0 aliphatic heterocycles. The molecule has 1 amide bonds. The summed E-state index contributed by atoms with van der Waals surface area (Å²) in [6.07, 6.45) is 1.46.